The van der Waals surface area contributed by atoms with Crippen LogP contribution in [-0.2, 0) is 0 Å². The number of aromatic amines is 1. The van der Waals surface area contributed by atoms with E-state index >= 15 is 0 Å². The van der Waals surface area contributed by atoms with Crippen LogP contribution in [-0.4, -0.2) is 51.6 Å². The second-order valence-corrected chi connectivity index (χ2v) is 8.02. The van der Waals surface area contributed by atoms with Gasteiger partial charge in [0.25, 0.3) is 5.56 Å². The van der Waals surface area contributed by atoms with Crippen molar-refractivity contribution in [1.82, 2.24) is 9.97 Å². The maximum absolute atomic E-state index is 14.2. The summed E-state index contributed by atoms with van der Waals surface area (Å²) < 4.78 is 20.6. The Bertz CT molecular complexity index is 1110. The molecule has 0 bridgehead atoms. The molecule has 29 heavy (non-hydrogen) atoms. The number of rotatable bonds is 4. The first-order valence-corrected chi connectivity index (χ1v) is 9.86. The maximum Gasteiger partial charge on any atom is 0.266 e. The molecule has 1 aliphatic rings. The number of halogens is 2. The van der Waals surface area contributed by atoms with Crippen molar-refractivity contribution in [2.75, 3.05) is 24.6 Å². The molecule has 4 rings (SSSR count). The van der Waals surface area contributed by atoms with Gasteiger partial charge >= 0.3 is 0 Å². The van der Waals surface area contributed by atoms with E-state index < -0.39 is 17.5 Å². The van der Waals surface area contributed by atoms with Crippen molar-refractivity contribution in [3.63, 3.8) is 0 Å². The Hall–Kier alpha value is -2.49. The van der Waals surface area contributed by atoms with E-state index in [-0.39, 0.29) is 25.1 Å². The number of aromatic nitrogens is 2. The number of anilines is 1. The molecule has 3 N–H and O–H groups in total. The second-order valence-electron chi connectivity index (χ2n) is 7.10. The Morgan fingerprint density at radius 2 is 2.21 bits per heavy atom. The molecule has 0 unspecified atom stereocenters. The van der Waals surface area contributed by atoms with Gasteiger partial charge < -0.3 is 24.8 Å². The van der Waals surface area contributed by atoms with Crippen LogP contribution in [0.15, 0.2) is 51.9 Å². The lowest BCUT2D eigenvalue weighted by Crippen LogP contribution is -2.58. The van der Waals surface area contributed by atoms with E-state index in [1.165, 1.54) is 6.07 Å². The fraction of sp³-hybridized carbons (Fsp3) is 0.300. The summed E-state index contributed by atoms with van der Waals surface area (Å²) in [7, 11) is 0. The standard InChI is InChI=1S/C20H19BrFN3O4/c21-12-4-5-15(13(22)8-12)25-7-6-20(28,17(26)10-25)11-29-16-3-1-2-14-19(16)23-9-18(27)24-14/h1-5,8-9,17,26,28H,6-7,10-11H2,(H,24,27)/t17-,20-/m1/s1. The third-order valence-electron chi connectivity index (χ3n) is 5.12. The van der Waals surface area contributed by atoms with E-state index in [2.05, 4.69) is 25.9 Å². The number of β-amino-alcohol motifs (C(OH)–C–C–N with tert-alkyl or cyclic N) is 1. The molecule has 0 amide bonds. The molecule has 0 aliphatic carbocycles. The third-order valence-corrected chi connectivity index (χ3v) is 5.62. The van der Waals surface area contributed by atoms with Crippen LogP contribution in [0.3, 0.4) is 0 Å². The van der Waals surface area contributed by atoms with Gasteiger partial charge in [0.1, 0.15) is 35.4 Å². The van der Waals surface area contributed by atoms with Crippen LogP contribution >= 0.6 is 15.9 Å². The lowest BCUT2D eigenvalue weighted by atomic mass is 9.89. The highest BCUT2D eigenvalue weighted by molar-refractivity contribution is 9.10. The van der Waals surface area contributed by atoms with E-state index in [1.54, 1.807) is 35.2 Å². The summed E-state index contributed by atoms with van der Waals surface area (Å²) in [5.74, 6) is -0.00940. The summed E-state index contributed by atoms with van der Waals surface area (Å²) in [5.41, 5.74) is -0.469. The SMILES string of the molecule is O=c1cnc2c(OC[C@]3(O)CCN(c4ccc(Br)cc4F)C[C@H]3O)cccc2[nH]1. The second kappa shape index (κ2) is 7.74. The van der Waals surface area contributed by atoms with E-state index in [4.69, 9.17) is 4.74 Å². The van der Waals surface area contributed by atoms with Gasteiger partial charge in [-0.05, 0) is 36.8 Å². The number of ether oxygens (including phenoxy) is 1. The molecule has 2 heterocycles. The molecule has 9 heteroatoms. The Labute approximate surface area is 173 Å². The van der Waals surface area contributed by atoms with Gasteiger partial charge in [-0.2, -0.15) is 0 Å². The van der Waals surface area contributed by atoms with Gasteiger partial charge in [-0.3, -0.25) is 4.79 Å². The molecular weight excluding hydrogens is 445 g/mol. The number of para-hydroxylation sites is 1. The van der Waals surface area contributed by atoms with Gasteiger partial charge in [0.2, 0.25) is 0 Å². The molecule has 0 saturated carbocycles. The highest BCUT2D eigenvalue weighted by Crippen LogP contribution is 2.31. The van der Waals surface area contributed by atoms with Crippen LogP contribution in [0.1, 0.15) is 6.42 Å². The van der Waals surface area contributed by atoms with Gasteiger partial charge in [0, 0.05) is 17.6 Å². The Morgan fingerprint density at radius 3 is 2.97 bits per heavy atom. The Kier molecular flexibility index (Phi) is 5.28. The van der Waals surface area contributed by atoms with Crippen LogP contribution in [0.4, 0.5) is 10.1 Å². The monoisotopic (exact) mass is 463 g/mol. The molecule has 3 aromatic rings. The summed E-state index contributed by atoms with van der Waals surface area (Å²) in [6.45, 7) is 0.265. The lowest BCUT2D eigenvalue weighted by molar-refractivity contribution is -0.108. The van der Waals surface area contributed by atoms with E-state index in [9.17, 15) is 19.4 Å². The summed E-state index contributed by atoms with van der Waals surface area (Å²) in [6.07, 6.45) is 0.213. The quantitative estimate of drug-likeness (QED) is 0.548. The molecular formula is C20H19BrFN3O4. The van der Waals surface area contributed by atoms with Crippen molar-refractivity contribution in [1.29, 1.82) is 0 Å². The van der Waals surface area contributed by atoms with E-state index in [0.717, 1.165) is 6.20 Å². The number of nitrogens with zero attached hydrogens (tertiary/aromatic N) is 2. The van der Waals surface area contributed by atoms with Crippen molar-refractivity contribution in [3.05, 3.63) is 63.2 Å². The number of benzene rings is 2. The van der Waals surface area contributed by atoms with Crippen LogP contribution in [0.5, 0.6) is 5.75 Å². The van der Waals surface area contributed by atoms with Crippen molar-refractivity contribution in [3.8, 4) is 5.75 Å². The van der Waals surface area contributed by atoms with E-state index in [0.29, 0.717) is 33.5 Å². The number of hydrogen-bond acceptors (Lipinski definition) is 6. The van der Waals surface area contributed by atoms with Gasteiger partial charge in [-0.1, -0.05) is 22.0 Å². The summed E-state index contributed by atoms with van der Waals surface area (Å²) in [5, 5.41) is 21.5. The van der Waals surface area contributed by atoms with Crippen molar-refractivity contribution < 1.29 is 19.3 Å². The van der Waals surface area contributed by atoms with Gasteiger partial charge in [-0.15, -0.1) is 0 Å². The highest BCUT2D eigenvalue weighted by Gasteiger charge is 2.42. The van der Waals surface area contributed by atoms with Crippen LogP contribution in [0, 0.1) is 5.82 Å². The summed E-state index contributed by atoms with van der Waals surface area (Å²) in [6, 6.07) is 9.81. The number of fused-ring (bicyclic) bond motifs is 1. The topological polar surface area (TPSA) is 98.7 Å². The molecule has 1 aromatic heterocycles. The van der Waals surface area contributed by atoms with Gasteiger partial charge in [-0.25, -0.2) is 9.37 Å². The number of piperidine rings is 1. The summed E-state index contributed by atoms with van der Waals surface area (Å²) >= 11 is 3.22. The first kappa shape index (κ1) is 19.8. The zero-order valence-electron chi connectivity index (χ0n) is 15.3. The molecule has 2 atom stereocenters. The minimum Gasteiger partial charge on any atom is -0.488 e. The van der Waals surface area contributed by atoms with Gasteiger partial charge in [0.05, 0.1) is 17.4 Å². The average molecular weight is 464 g/mol. The Morgan fingerprint density at radius 1 is 1.38 bits per heavy atom. The highest BCUT2D eigenvalue weighted by atomic mass is 79.9. The molecule has 152 valence electrons. The first-order chi connectivity index (χ1) is 13.9. The smallest absolute Gasteiger partial charge is 0.266 e. The molecule has 1 aliphatic heterocycles. The summed E-state index contributed by atoms with van der Waals surface area (Å²) in [4.78, 5) is 19.9. The minimum atomic E-state index is -1.49. The number of aliphatic hydroxyl groups excluding tert-OH is 1. The molecule has 1 fully saturated rings. The van der Waals surface area contributed by atoms with Crippen molar-refractivity contribution in [2.45, 2.75) is 18.1 Å². The molecule has 0 radical (unpaired) electrons. The maximum atomic E-state index is 14.2. The zero-order valence-corrected chi connectivity index (χ0v) is 16.9. The Balaban J connectivity index is 1.48. The molecule has 2 aromatic carbocycles. The first-order valence-electron chi connectivity index (χ1n) is 9.07. The predicted octanol–water partition coefficient (Wildman–Crippen LogP) is 2.21. The lowest BCUT2D eigenvalue weighted by Gasteiger charge is -2.42. The third kappa shape index (κ3) is 3.98. The minimum absolute atomic E-state index is 0.0690. The zero-order chi connectivity index (χ0) is 20.6. The number of aliphatic hydroxyl groups is 2. The number of H-pyrrole nitrogens is 1. The van der Waals surface area contributed by atoms with Crippen LogP contribution in [0.2, 0.25) is 0 Å². The van der Waals surface area contributed by atoms with Crippen LogP contribution in [0.25, 0.3) is 11.0 Å². The fourth-order valence-corrected chi connectivity index (χ4v) is 3.79. The van der Waals surface area contributed by atoms with Crippen LogP contribution < -0.4 is 15.2 Å². The predicted molar refractivity (Wildman–Crippen MR) is 110 cm³/mol. The average Bonchev–Trinajstić information content (AvgIpc) is 2.68. The number of nitrogens with one attached hydrogen (secondary N) is 1. The van der Waals surface area contributed by atoms with Crippen molar-refractivity contribution in [2.24, 2.45) is 0 Å². The largest absolute Gasteiger partial charge is 0.488 e. The molecule has 7 nitrogen and oxygen atoms in total. The fourth-order valence-electron chi connectivity index (χ4n) is 3.45. The van der Waals surface area contributed by atoms with E-state index in [1.807, 2.05) is 0 Å². The normalized spacial score (nSPS) is 22.1. The number of hydrogen-bond donors (Lipinski definition) is 3. The van der Waals surface area contributed by atoms with Crippen molar-refractivity contribution >= 4 is 32.7 Å². The molecule has 1 saturated heterocycles. The van der Waals surface area contributed by atoms with Gasteiger partial charge in [0.15, 0.2) is 0 Å². The molecule has 0 spiro atoms.